The van der Waals surface area contributed by atoms with E-state index < -0.39 is 18.8 Å². The Morgan fingerprint density at radius 2 is 1.94 bits per heavy atom. The monoisotopic (exact) mass is 234 g/mol. The number of ether oxygens (including phenoxy) is 2. The van der Waals surface area contributed by atoms with Crippen molar-refractivity contribution >= 4 is 5.97 Å². The third-order valence-electron chi connectivity index (χ3n) is 1.78. The molecule has 0 N–H and O–H groups in total. The molecule has 0 amide bonds. The first-order valence-electron chi connectivity index (χ1n) is 4.31. The van der Waals surface area contributed by atoms with Gasteiger partial charge in [0.25, 0.3) is 0 Å². The van der Waals surface area contributed by atoms with Crippen LogP contribution >= 0.6 is 0 Å². The Kier molecular flexibility index (Phi) is 3.76. The van der Waals surface area contributed by atoms with Gasteiger partial charge in [0.15, 0.2) is 0 Å². The zero-order valence-corrected chi connectivity index (χ0v) is 8.38. The molecule has 16 heavy (non-hydrogen) atoms. The van der Waals surface area contributed by atoms with Crippen LogP contribution < -0.4 is 4.74 Å². The lowest BCUT2D eigenvalue weighted by Gasteiger charge is -2.10. The van der Waals surface area contributed by atoms with Gasteiger partial charge in [-0.05, 0) is 6.07 Å². The van der Waals surface area contributed by atoms with Crippen LogP contribution in [0, 0.1) is 0 Å². The summed E-state index contributed by atoms with van der Waals surface area (Å²) in [5, 5.41) is 0. The van der Waals surface area contributed by atoms with Crippen LogP contribution in [-0.4, -0.2) is 19.3 Å². The lowest BCUT2D eigenvalue weighted by molar-refractivity contribution is -0.201. The summed E-state index contributed by atoms with van der Waals surface area (Å²) in [6.07, 6.45) is -4.97. The van der Waals surface area contributed by atoms with Crippen LogP contribution in [0.5, 0.6) is 5.75 Å². The number of carbonyl (C=O) groups excluding carboxylic acids is 1. The minimum absolute atomic E-state index is 0.373. The van der Waals surface area contributed by atoms with E-state index in [1.807, 2.05) is 0 Å². The maximum Gasteiger partial charge on any atom is 0.490 e. The van der Waals surface area contributed by atoms with Crippen LogP contribution in [0.1, 0.15) is 5.56 Å². The molecule has 0 saturated carbocycles. The Labute approximate surface area is 89.8 Å². The predicted molar refractivity (Wildman–Crippen MR) is 48.8 cm³/mol. The highest BCUT2D eigenvalue weighted by Gasteiger charge is 2.40. The molecule has 0 bridgehead atoms. The molecule has 0 fully saturated rings. The van der Waals surface area contributed by atoms with Crippen LogP contribution in [0.2, 0.25) is 0 Å². The molecular weight excluding hydrogens is 225 g/mol. The second-order valence-electron chi connectivity index (χ2n) is 2.89. The van der Waals surface area contributed by atoms with Crippen molar-refractivity contribution in [1.29, 1.82) is 0 Å². The molecule has 1 rings (SSSR count). The van der Waals surface area contributed by atoms with Crippen LogP contribution in [0.15, 0.2) is 24.3 Å². The van der Waals surface area contributed by atoms with E-state index in [2.05, 4.69) is 4.74 Å². The second kappa shape index (κ2) is 4.87. The number of alkyl halides is 3. The quantitative estimate of drug-likeness (QED) is 0.753. The van der Waals surface area contributed by atoms with E-state index in [1.54, 1.807) is 18.2 Å². The van der Waals surface area contributed by atoms with Crippen molar-refractivity contribution in [2.75, 3.05) is 7.11 Å². The van der Waals surface area contributed by atoms with Crippen molar-refractivity contribution in [2.24, 2.45) is 0 Å². The maximum atomic E-state index is 11.8. The van der Waals surface area contributed by atoms with Crippen molar-refractivity contribution in [1.82, 2.24) is 0 Å². The summed E-state index contributed by atoms with van der Waals surface area (Å²) < 4.78 is 44.5. The van der Waals surface area contributed by atoms with Crippen molar-refractivity contribution < 1.29 is 27.4 Å². The van der Waals surface area contributed by atoms with Gasteiger partial charge in [-0.2, -0.15) is 13.2 Å². The number of esters is 1. The van der Waals surface area contributed by atoms with E-state index in [9.17, 15) is 18.0 Å². The smallest absolute Gasteiger partial charge is 0.490 e. The van der Waals surface area contributed by atoms with Gasteiger partial charge < -0.3 is 9.47 Å². The van der Waals surface area contributed by atoms with E-state index >= 15 is 0 Å². The van der Waals surface area contributed by atoms with E-state index in [4.69, 9.17) is 4.74 Å². The molecule has 88 valence electrons. The zero-order chi connectivity index (χ0) is 12.2. The van der Waals surface area contributed by atoms with Crippen LogP contribution in [0.3, 0.4) is 0 Å². The van der Waals surface area contributed by atoms with Crippen molar-refractivity contribution in [2.45, 2.75) is 12.8 Å². The van der Waals surface area contributed by atoms with Crippen molar-refractivity contribution in [3.05, 3.63) is 29.8 Å². The zero-order valence-electron chi connectivity index (χ0n) is 8.38. The topological polar surface area (TPSA) is 35.5 Å². The molecule has 0 radical (unpaired) electrons. The van der Waals surface area contributed by atoms with Gasteiger partial charge in [-0.25, -0.2) is 4.79 Å². The van der Waals surface area contributed by atoms with Crippen molar-refractivity contribution in [3.63, 3.8) is 0 Å². The summed E-state index contributed by atoms with van der Waals surface area (Å²) in [6, 6.07) is 6.35. The van der Waals surface area contributed by atoms with Crippen LogP contribution in [-0.2, 0) is 16.1 Å². The standard InChI is InChI=1S/C10H9F3O3/c1-15-8-5-3-2-4-7(8)6-16-9(14)10(11,12)13/h2-5H,6H2,1H3. The average molecular weight is 234 g/mol. The van der Waals surface area contributed by atoms with E-state index in [-0.39, 0.29) is 0 Å². The molecule has 1 aromatic carbocycles. The highest BCUT2D eigenvalue weighted by Crippen LogP contribution is 2.21. The summed E-state index contributed by atoms with van der Waals surface area (Å²) in [5.41, 5.74) is 0.377. The Hall–Kier alpha value is -1.72. The number of rotatable bonds is 3. The summed E-state index contributed by atoms with van der Waals surface area (Å²) in [6.45, 7) is -0.470. The fourth-order valence-corrected chi connectivity index (χ4v) is 1.05. The van der Waals surface area contributed by atoms with Gasteiger partial charge in [0, 0.05) is 5.56 Å². The second-order valence-corrected chi connectivity index (χ2v) is 2.89. The summed E-state index contributed by atoms with van der Waals surface area (Å²) in [7, 11) is 1.38. The third kappa shape index (κ3) is 3.15. The van der Waals surface area contributed by atoms with Gasteiger partial charge in [-0.3, -0.25) is 0 Å². The molecule has 6 heteroatoms. The highest BCUT2D eigenvalue weighted by molar-refractivity contribution is 5.75. The van der Waals surface area contributed by atoms with Gasteiger partial charge in [0.05, 0.1) is 7.11 Å². The van der Waals surface area contributed by atoms with Gasteiger partial charge in [0.2, 0.25) is 0 Å². The molecule has 1 aromatic rings. The molecule has 0 heterocycles. The first kappa shape index (κ1) is 12.4. The van der Waals surface area contributed by atoms with Gasteiger partial charge >= 0.3 is 12.1 Å². The Morgan fingerprint density at radius 3 is 2.50 bits per heavy atom. The van der Waals surface area contributed by atoms with E-state index in [1.165, 1.54) is 13.2 Å². The lowest BCUT2D eigenvalue weighted by atomic mass is 10.2. The molecule has 0 aliphatic rings. The van der Waals surface area contributed by atoms with Gasteiger partial charge in [-0.15, -0.1) is 0 Å². The fourth-order valence-electron chi connectivity index (χ4n) is 1.05. The number of para-hydroxylation sites is 1. The maximum absolute atomic E-state index is 11.8. The van der Waals surface area contributed by atoms with Crippen LogP contribution in [0.25, 0.3) is 0 Å². The molecule has 0 aliphatic carbocycles. The summed E-state index contributed by atoms with van der Waals surface area (Å²) >= 11 is 0. The largest absolute Gasteiger partial charge is 0.496 e. The molecule has 0 spiro atoms. The minimum Gasteiger partial charge on any atom is -0.496 e. The normalized spacial score (nSPS) is 11.0. The van der Waals surface area contributed by atoms with Gasteiger partial charge in [0.1, 0.15) is 12.4 Å². The average Bonchev–Trinajstić information content (AvgIpc) is 2.24. The van der Waals surface area contributed by atoms with Gasteiger partial charge in [-0.1, -0.05) is 18.2 Å². The minimum atomic E-state index is -4.97. The SMILES string of the molecule is COc1ccccc1COC(=O)C(F)(F)F. The van der Waals surface area contributed by atoms with Crippen LogP contribution in [0.4, 0.5) is 13.2 Å². The molecular formula is C10H9F3O3. The first-order valence-corrected chi connectivity index (χ1v) is 4.31. The number of hydrogen-bond acceptors (Lipinski definition) is 3. The number of halogens is 3. The molecule has 0 aromatic heterocycles. The summed E-state index contributed by atoms with van der Waals surface area (Å²) in [4.78, 5) is 10.4. The summed E-state index contributed by atoms with van der Waals surface area (Å²) in [5.74, 6) is -1.84. The molecule has 0 aliphatic heterocycles. The highest BCUT2D eigenvalue weighted by atomic mass is 19.4. The predicted octanol–water partition coefficient (Wildman–Crippen LogP) is 2.30. The van der Waals surface area contributed by atoms with Crippen molar-refractivity contribution in [3.8, 4) is 5.75 Å². The Bertz CT molecular complexity index is 374. The van der Waals surface area contributed by atoms with E-state index in [0.717, 1.165) is 0 Å². The molecule has 0 atom stereocenters. The molecule has 3 nitrogen and oxygen atoms in total. The lowest BCUT2D eigenvalue weighted by Crippen LogP contribution is -2.25. The fraction of sp³-hybridized carbons (Fsp3) is 0.300. The molecule has 0 unspecified atom stereocenters. The number of carbonyl (C=O) groups is 1. The number of methoxy groups -OCH3 is 1. The van der Waals surface area contributed by atoms with E-state index in [0.29, 0.717) is 11.3 Å². The number of benzene rings is 1. The number of hydrogen-bond donors (Lipinski definition) is 0. The first-order chi connectivity index (χ1) is 7.45. The Morgan fingerprint density at radius 1 is 1.31 bits per heavy atom. The molecule has 0 saturated heterocycles. The Balaban J connectivity index is 2.65. The third-order valence-corrected chi connectivity index (χ3v) is 1.78.